The number of benzene rings is 1. The predicted molar refractivity (Wildman–Crippen MR) is 50.3 cm³/mol. The minimum Gasteiger partial charge on any atom is -0.289 e. The van der Waals surface area contributed by atoms with Crippen LogP contribution in [0.5, 0.6) is 0 Å². The molecule has 0 unspecified atom stereocenters. The minimum atomic E-state index is -0.169. The van der Waals surface area contributed by atoms with Gasteiger partial charge in [0, 0.05) is 5.56 Å². The number of rotatable bonds is 2. The zero-order valence-corrected chi connectivity index (χ0v) is 7.37. The van der Waals surface area contributed by atoms with Gasteiger partial charge in [0.1, 0.15) is 0 Å². The van der Waals surface area contributed by atoms with Crippen LogP contribution in [0.1, 0.15) is 22.8 Å². The Morgan fingerprint density at radius 1 is 1.46 bits per heavy atom. The van der Waals surface area contributed by atoms with E-state index in [2.05, 4.69) is 6.58 Å². The highest BCUT2D eigenvalue weighted by Crippen LogP contribution is 2.11. The van der Waals surface area contributed by atoms with Crippen molar-refractivity contribution in [2.75, 3.05) is 0 Å². The molecule has 64 valence electrons. The van der Waals surface area contributed by atoms with Crippen molar-refractivity contribution in [1.29, 1.82) is 5.26 Å². The van der Waals surface area contributed by atoms with Gasteiger partial charge in [-0.3, -0.25) is 4.79 Å². The molecule has 2 heteroatoms. The molecule has 13 heavy (non-hydrogen) atoms. The molecule has 0 radical (unpaired) electrons. The molecule has 0 aliphatic rings. The van der Waals surface area contributed by atoms with Gasteiger partial charge in [0.2, 0.25) is 0 Å². The largest absolute Gasteiger partial charge is 0.289 e. The summed E-state index contributed by atoms with van der Waals surface area (Å²) in [5.41, 5.74) is 1.27. The lowest BCUT2D eigenvalue weighted by Crippen LogP contribution is -2.01. The number of allylic oxidation sites excluding steroid dienone is 1. The van der Waals surface area contributed by atoms with Crippen molar-refractivity contribution >= 4 is 5.78 Å². The molecule has 0 amide bonds. The van der Waals surface area contributed by atoms with Crippen molar-refractivity contribution in [2.24, 2.45) is 0 Å². The number of nitrogens with zero attached hydrogens (tertiary/aromatic N) is 1. The smallest absolute Gasteiger partial charge is 0.189 e. The van der Waals surface area contributed by atoms with Crippen LogP contribution in [0.4, 0.5) is 0 Å². The summed E-state index contributed by atoms with van der Waals surface area (Å²) in [6, 6.07) is 8.69. The first-order valence-electron chi connectivity index (χ1n) is 3.86. The van der Waals surface area contributed by atoms with Crippen LogP contribution in [0, 0.1) is 11.3 Å². The Labute approximate surface area is 77.1 Å². The van der Waals surface area contributed by atoms with Gasteiger partial charge in [0.05, 0.1) is 11.6 Å². The monoisotopic (exact) mass is 171 g/mol. The molecule has 0 aromatic heterocycles. The molecule has 2 nitrogen and oxygen atoms in total. The van der Waals surface area contributed by atoms with E-state index in [1.54, 1.807) is 31.2 Å². The van der Waals surface area contributed by atoms with Gasteiger partial charge in [-0.1, -0.05) is 18.7 Å². The number of hydrogen-bond acceptors (Lipinski definition) is 2. The first-order chi connectivity index (χ1) is 6.16. The lowest BCUT2D eigenvalue weighted by molar-refractivity contribution is 0.103. The van der Waals surface area contributed by atoms with Gasteiger partial charge < -0.3 is 0 Å². The molecule has 0 spiro atoms. The molecular weight excluding hydrogens is 162 g/mol. The normalized spacial score (nSPS) is 8.92. The van der Waals surface area contributed by atoms with Gasteiger partial charge in [-0.25, -0.2) is 0 Å². The van der Waals surface area contributed by atoms with E-state index >= 15 is 0 Å². The van der Waals surface area contributed by atoms with Crippen molar-refractivity contribution in [3.8, 4) is 6.07 Å². The highest BCUT2D eigenvalue weighted by Gasteiger charge is 2.10. The number of nitriles is 1. The lowest BCUT2D eigenvalue weighted by atomic mass is 10.0. The van der Waals surface area contributed by atoms with Gasteiger partial charge in [-0.05, 0) is 24.6 Å². The molecule has 0 bridgehead atoms. The second-order valence-corrected chi connectivity index (χ2v) is 2.77. The lowest BCUT2D eigenvalue weighted by Gasteiger charge is -2.00. The maximum atomic E-state index is 11.5. The van der Waals surface area contributed by atoms with Crippen LogP contribution in [0.25, 0.3) is 0 Å². The summed E-state index contributed by atoms with van der Waals surface area (Å²) in [4.78, 5) is 11.5. The van der Waals surface area contributed by atoms with Crippen LogP contribution >= 0.6 is 0 Å². The van der Waals surface area contributed by atoms with Crippen LogP contribution in [0.2, 0.25) is 0 Å². The summed E-state index contributed by atoms with van der Waals surface area (Å²) in [5, 5.41) is 8.72. The van der Waals surface area contributed by atoms with Crippen molar-refractivity contribution in [1.82, 2.24) is 0 Å². The third kappa shape index (κ3) is 1.83. The first kappa shape index (κ1) is 9.21. The van der Waals surface area contributed by atoms with Crippen molar-refractivity contribution < 1.29 is 4.79 Å². The van der Waals surface area contributed by atoms with Crippen molar-refractivity contribution in [3.05, 3.63) is 47.5 Å². The number of ketones is 1. The average molecular weight is 171 g/mol. The molecule has 1 rings (SSSR count). The zero-order chi connectivity index (χ0) is 9.84. The molecule has 0 fully saturated rings. The second kappa shape index (κ2) is 3.68. The van der Waals surface area contributed by atoms with Crippen molar-refractivity contribution in [2.45, 2.75) is 6.92 Å². The van der Waals surface area contributed by atoms with Crippen LogP contribution < -0.4 is 0 Å². The Kier molecular flexibility index (Phi) is 2.61. The van der Waals surface area contributed by atoms with E-state index in [4.69, 9.17) is 5.26 Å². The van der Waals surface area contributed by atoms with E-state index in [1.165, 1.54) is 0 Å². The summed E-state index contributed by atoms with van der Waals surface area (Å²) >= 11 is 0. The van der Waals surface area contributed by atoms with E-state index in [-0.39, 0.29) is 5.78 Å². The van der Waals surface area contributed by atoms with Gasteiger partial charge in [-0.15, -0.1) is 0 Å². The summed E-state index contributed by atoms with van der Waals surface area (Å²) in [6.07, 6.45) is 0. The van der Waals surface area contributed by atoms with Crippen molar-refractivity contribution in [3.63, 3.8) is 0 Å². The Bertz CT molecular complexity index is 399. The third-order valence-electron chi connectivity index (χ3n) is 1.68. The molecule has 0 heterocycles. The summed E-state index contributed by atoms with van der Waals surface area (Å²) in [6.45, 7) is 5.18. The van der Waals surface area contributed by atoms with E-state index in [9.17, 15) is 4.79 Å². The summed E-state index contributed by atoms with van der Waals surface area (Å²) in [7, 11) is 0. The molecule has 1 aromatic carbocycles. The van der Waals surface area contributed by atoms with Crippen LogP contribution in [0.15, 0.2) is 36.4 Å². The standard InChI is InChI=1S/C11H9NO/c1-8(2)11(13)10-6-4-3-5-9(10)7-12/h3-6H,1H2,2H3. The fourth-order valence-corrected chi connectivity index (χ4v) is 1.01. The van der Waals surface area contributed by atoms with E-state index in [0.29, 0.717) is 16.7 Å². The quantitative estimate of drug-likeness (QED) is 0.506. The van der Waals surface area contributed by atoms with Gasteiger partial charge >= 0.3 is 0 Å². The number of hydrogen-bond donors (Lipinski definition) is 0. The van der Waals surface area contributed by atoms with Gasteiger partial charge in [0.15, 0.2) is 5.78 Å². The molecule has 0 aliphatic carbocycles. The Hall–Kier alpha value is -1.88. The number of carbonyl (C=O) groups is 1. The summed E-state index contributed by atoms with van der Waals surface area (Å²) < 4.78 is 0. The SMILES string of the molecule is C=C(C)C(=O)c1ccccc1C#N. The molecule has 0 aliphatic heterocycles. The topological polar surface area (TPSA) is 40.9 Å². The molecule has 0 saturated carbocycles. The second-order valence-electron chi connectivity index (χ2n) is 2.77. The number of Topliss-reactive ketones (excluding diaryl/α,β-unsaturated/α-hetero) is 1. The van der Waals surface area contributed by atoms with E-state index in [0.717, 1.165) is 0 Å². The predicted octanol–water partition coefficient (Wildman–Crippen LogP) is 2.32. The molecule has 1 aromatic rings. The zero-order valence-electron chi connectivity index (χ0n) is 7.37. The highest BCUT2D eigenvalue weighted by atomic mass is 16.1. The van der Waals surface area contributed by atoms with Crippen LogP contribution in [-0.4, -0.2) is 5.78 Å². The fourth-order valence-electron chi connectivity index (χ4n) is 1.01. The first-order valence-corrected chi connectivity index (χ1v) is 3.86. The summed E-state index contributed by atoms with van der Waals surface area (Å²) in [5.74, 6) is -0.169. The molecular formula is C11H9NO. The molecule has 0 atom stereocenters. The van der Waals surface area contributed by atoms with Gasteiger partial charge in [-0.2, -0.15) is 5.26 Å². The molecule has 0 saturated heterocycles. The minimum absolute atomic E-state index is 0.169. The number of carbonyl (C=O) groups excluding carboxylic acids is 1. The van der Waals surface area contributed by atoms with Gasteiger partial charge in [0.25, 0.3) is 0 Å². The maximum absolute atomic E-state index is 11.5. The Morgan fingerprint density at radius 2 is 2.08 bits per heavy atom. The molecule has 0 N–H and O–H groups in total. The van der Waals surface area contributed by atoms with Crippen LogP contribution in [-0.2, 0) is 0 Å². The fraction of sp³-hybridized carbons (Fsp3) is 0.0909. The Morgan fingerprint density at radius 3 is 2.62 bits per heavy atom. The third-order valence-corrected chi connectivity index (χ3v) is 1.68. The average Bonchev–Trinajstić information content (AvgIpc) is 2.16. The Balaban J connectivity index is 3.23. The van der Waals surface area contributed by atoms with E-state index < -0.39 is 0 Å². The van der Waals surface area contributed by atoms with E-state index in [1.807, 2.05) is 6.07 Å². The van der Waals surface area contributed by atoms with Crippen LogP contribution in [0.3, 0.4) is 0 Å². The maximum Gasteiger partial charge on any atom is 0.189 e. The highest BCUT2D eigenvalue weighted by molar-refractivity contribution is 6.09.